The van der Waals surface area contributed by atoms with Gasteiger partial charge >= 0.3 is 0 Å². The second-order valence-corrected chi connectivity index (χ2v) is 6.96. The zero-order valence-electron chi connectivity index (χ0n) is 14.3. The summed E-state index contributed by atoms with van der Waals surface area (Å²) >= 11 is 0. The Morgan fingerprint density at radius 1 is 1.12 bits per heavy atom. The number of aromatic nitrogens is 4. The van der Waals surface area contributed by atoms with Crippen LogP contribution in [0, 0.1) is 0 Å². The Bertz CT molecular complexity index is 761. The van der Waals surface area contributed by atoms with Crippen LogP contribution in [0.3, 0.4) is 0 Å². The molecule has 0 bridgehead atoms. The van der Waals surface area contributed by atoms with Gasteiger partial charge in [0.1, 0.15) is 17.3 Å². The van der Waals surface area contributed by atoms with Crippen molar-refractivity contribution >= 4 is 5.91 Å². The lowest BCUT2D eigenvalue weighted by molar-refractivity contribution is 0.0709. The first-order chi connectivity index (χ1) is 11.6. The first-order valence-electron chi connectivity index (χ1n) is 8.83. The molecular formula is C17H23N5O2. The number of hydrogen-bond donors (Lipinski definition) is 0. The predicted octanol–water partition coefficient (Wildman–Crippen LogP) is 2.31. The van der Waals surface area contributed by atoms with Crippen molar-refractivity contribution in [2.45, 2.75) is 65.0 Å². The molecule has 128 valence electrons. The number of aryl methyl sites for hydroxylation is 1. The largest absolute Gasteiger partial charge is 0.445 e. The van der Waals surface area contributed by atoms with Crippen LogP contribution in [-0.2, 0) is 25.9 Å². The summed E-state index contributed by atoms with van der Waals surface area (Å²) in [5.41, 5.74) is 0.883. The number of carbonyl (C=O) groups is 1. The fourth-order valence-corrected chi connectivity index (χ4v) is 3.42. The minimum atomic E-state index is -0.0459. The highest BCUT2D eigenvalue weighted by Crippen LogP contribution is 2.25. The van der Waals surface area contributed by atoms with Crippen LogP contribution in [0.2, 0.25) is 0 Å². The molecule has 7 heteroatoms. The van der Waals surface area contributed by atoms with Gasteiger partial charge in [-0.3, -0.25) is 4.79 Å². The molecule has 0 aliphatic carbocycles. The summed E-state index contributed by atoms with van der Waals surface area (Å²) in [7, 11) is 0. The van der Waals surface area contributed by atoms with E-state index >= 15 is 0 Å². The number of hydrogen-bond acceptors (Lipinski definition) is 5. The molecular weight excluding hydrogens is 306 g/mol. The maximum absolute atomic E-state index is 12.9. The first kappa shape index (κ1) is 15.4. The fraction of sp³-hybridized carbons (Fsp3) is 0.647. The van der Waals surface area contributed by atoms with Crippen molar-refractivity contribution < 1.29 is 9.21 Å². The van der Waals surface area contributed by atoms with Crippen molar-refractivity contribution in [3.63, 3.8) is 0 Å². The Kier molecular flexibility index (Phi) is 3.86. The molecule has 0 radical (unpaired) electrons. The second kappa shape index (κ2) is 6.03. The molecule has 1 amide bonds. The monoisotopic (exact) mass is 329 g/mol. The molecule has 2 aromatic heterocycles. The quantitative estimate of drug-likeness (QED) is 0.845. The summed E-state index contributed by atoms with van der Waals surface area (Å²) in [5, 5.41) is 8.42. The average Bonchev–Trinajstić information content (AvgIpc) is 3.11. The maximum Gasteiger partial charge on any atom is 0.292 e. The molecule has 4 heterocycles. The fourth-order valence-electron chi connectivity index (χ4n) is 3.42. The zero-order chi connectivity index (χ0) is 16.7. The lowest BCUT2D eigenvalue weighted by Crippen LogP contribution is -2.37. The van der Waals surface area contributed by atoms with Crippen LogP contribution >= 0.6 is 0 Å². The maximum atomic E-state index is 12.9. The van der Waals surface area contributed by atoms with Crippen molar-refractivity contribution in [3.8, 4) is 0 Å². The Hall–Kier alpha value is -2.18. The Labute approximate surface area is 141 Å². The van der Waals surface area contributed by atoms with E-state index in [0.717, 1.165) is 49.0 Å². The highest BCUT2D eigenvalue weighted by molar-refractivity contribution is 5.90. The number of amides is 1. The lowest BCUT2D eigenvalue weighted by Gasteiger charge is -2.25. The van der Waals surface area contributed by atoms with E-state index in [1.54, 1.807) is 0 Å². The van der Waals surface area contributed by atoms with Crippen molar-refractivity contribution in [2.24, 2.45) is 0 Å². The summed E-state index contributed by atoms with van der Waals surface area (Å²) in [4.78, 5) is 19.3. The second-order valence-electron chi connectivity index (χ2n) is 6.96. The number of oxazole rings is 1. The third kappa shape index (κ3) is 2.61. The highest BCUT2D eigenvalue weighted by Gasteiger charge is 2.30. The Morgan fingerprint density at radius 3 is 2.83 bits per heavy atom. The van der Waals surface area contributed by atoms with E-state index in [2.05, 4.69) is 29.0 Å². The van der Waals surface area contributed by atoms with E-state index in [-0.39, 0.29) is 11.8 Å². The molecule has 7 nitrogen and oxygen atoms in total. The van der Waals surface area contributed by atoms with E-state index in [0.29, 0.717) is 25.3 Å². The van der Waals surface area contributed by atoms with Crippen LogP contribution in [0.5, 0.6) is 0 Å². The topological polar surface area (TPSA) is 77.1 Å². The average molecular weight is 329 g/mol. The zero-order valence-corrected chi connectivity index (χ0v) is 14.3. The van der Waals surface area contributed by atoms with E-state index in [1.165, 1.54) is 6.42 Å². The molecule has 2 aliphatic rings. The molecule has 0 N–H and O–H groups in total. The van der Waals surface area contributed by atoms with Crippen LogP contribution in [0.1, 0.15) is 72.8 Å². The van der Waals surface area contributed by atoms with Gasteiger partial charge in [0, 0.05) is 31.8 Å². The van der Waals surface area contributed by atoms with Crippen LogP contribution in [-0.4, -0.2) is 37.1 Å². The number of fused-ring (bicyclic) bond motifs is 2. The molecule has 0 fully saturated rings. The molecule has 0 saturated heterocycles. The Balaban J connectivity index is 1.56. The van der Waals surface area contributed by atoms with E-state index < -0.39 is 0 Å². The summed E-state index contributed by atoms with van der Waals surface area (Å²) in [6.07, 6.45) is 5.00. The van der Waals surface area contributed by atoms with Gasteiger partial charge in [-0.2, -0.15) is 0 Å². The van der Waals surface area contributed by atoms with Gasteiger partial charge in [-0.15, -0.1) is 10.2 Å². The van der Waals surface area contributed by atoms with Crippen molar-refractivity contribution in [1.29, 1.82) is 0 Å². The summed E-state index contributed by atoms with van der Waals surface area (Å²) < 4.78 is 7.82. The van der Waals surface area contributed by atoms with E-state index in [1.807, 2.05) is 9.47 Å². The van der Waals surface area contributed by atoms with Crippen molar-refractivity contribution in [2.75, 3.05) is 6.54 Å². The summed E-state index contributed by atoms with van der Waals surface area (Å²) in [5.74, 6) is 3.30. The number of carbonyl (C=O) groups excluding carboxylic acids is 1. The molecule has 0 aromatic carbocycles. The van der Waals surface area contributed by atoms with E-state index in [4.69, 9.17) is 4.42 Å². The molecule has 2 aliphatic heterocycles. The normalized spacial score (nSPS) is 17.5. The van der Waals surface area contributed by atoms with Gasteiger partial charge in [0.05, 0.1) is 6.54 Å². The molecule has 0 unspecified atom stereocenters. The third-order valence-corrected chi connectivity index (χ3v) is 4.83. The SMILES string of the molecule is CC(C)c1nc2c(o1)CCN(C(=O)c1nnc3n1CCCCC3)C2. The van der Waals surface area contributed by atoms with Crippen LogP contribution in [0.25, 0.3) is 0 Å². The predicted molar refractivity (Wildman–Crippen MR) is 86.6 cm³/mol. The van der Waals surface area contributed by atoms with Gasteiger partial charge in [-0.05, 0) is 12.8 Å². The van der Waals surface area contributed by atoms with Gasteiger partial charge in [-0.1, -0.05) is 20.3 Å². The highest BCUT2D eigenvalue weighted by atomic mass is 16.4. The molecule has 4 rings (SSSR count). The van der Waals surface area contributed by atoms with Crippen molar-refractivity contribution in [1.82, 2.24) is 24.6 Å². The van der Waals surface area contributed by atoms with Crippen molar-refractivity contribution in [3.05, 3.63) is 29.0 Å². The van der Waals surface area contributed by atoms with Gasteiger partial charge < -0.3 is 13.9 Å². The smallest absolute Gasteiger partial charge is 0.292 e. The number of nitrogens with zero attached hydrogens (tertiary/aromatic N) is 5. The summed E-state index contributed by atoms with van der Waals surface area (Å²) in [6, 6.07) is 0. The standard InChI is InChI=1S/C17H23N5O2/c1-11(2)16-18-12-10-21(9-7-13(12)24-16)17(23)15-20-19-14-6-4-3-5-8-22(14)15/h11H,3-10H2,1-2H3. The third-order valence-electron chi connectivity index (χ3n) is 4.83. The van der Waals surface area contributed by atoms with E-state index in [9.17, 15) is 4.79 Å². The Morgan fingerprint density at radius 2 is 2.00 bits per heavy atom. The van der Waals surface area contributed by atoms with Crippen LogP contribution in [0.4, 0.5) is 0 Å². The van der Waals surface area contributed by atoms with Gasteiger partial charge in [0.15, 0.2) is 5.89 Å². The molecule has 0 spiro atoms. The molecule has 0 saturated carbocycles. The van der Waals surface area contributed by atoms with Gasteiger partial charge in [-0.25, -0.2) is 4.98 Å². The van der Waals surface area contributed by atoms with Crippen LogP contribution in [0.15, 0.2) is 4.42 Å². The molecule has 0 atom stereocenters. The molecule has 24 heavy (non-hydrogen) atoms. The van der Waals surface area contributed by atoms with Gasteiger partial charge in [0.25, 0.3) is 5.91 Å². The minimum Gasteiger partial charge on any atom is -0.445 e. The first-order valence-corrected chi connectivity index (χ1v) is 8.83. The van der Waals surface area contributed by atoms with Crippen LogP contribution < -0.4 is 0 Å². The lowest BCUT2D eigenvalue weighted by atomic mass is 10.1. The summed E-state index contributed by atoms with van der Waals surface area (Å²) in [6.45, 7) is 6.09. The van der Waals surface area contributed by atoms with Gasteiger partial charge in [0.2, 0.25) is 5.82 Å². The number of rotatable bonds is 2. The minimum absolute atomic E-state index is 0.0459. The molecule has 2 aromatic rings.